The molecule has 2 nitrogen and oxygen atoms in total. The van der Waals surface area contributed by atoms with Crippen LogP contribution in [-0.2, 0) is 11.5 Å². The summed E-state index contributed by atoms with van der Waals surface area (Å²) < 4.78 is 0. The first-order valence-corrected chi connectivity index (χ1v) is 9.80. The predicted molar refractivity (Wildman–Crippen MR) is 102 cm³/mol. The molecule has 1 aliphatic heterocycles. The number of thioether (sulfide) groups is 1. The number of benzene rings is 2. The molecule has 0 bridgehead atoms. The van der Waals surface area contributed by atoms with E-state index in [4.69, 9.17) is 0 Å². The van der Waals surface area contributed by atoms with Gasteiger partial charge in [-0.1, -0.05) is 41.5 Å². The average Bonchev–Trinajstić information content (AvgIpc) is 3.08. The lowest BCUT2D eigenvalue weighted by Crippen LogP contribution is -2.27. The van der Waals surface area contributed by atoms with Crippen molar-refractivity contribution in [1.29, 1.82) is 0 Å². The van der Waals surface area contributed by atoms with Gasteiger partial charge < -0.3 is 4.90 Å². The molecule has 2 aromatic carbocycles. The molecule has 0 N–H and O–H groups in total. The molecule has 0 saturated carbocycles. The molecule has 0 aliphatic carbocycles. The summed E-state index contributed by atoms with van der Waals surface area (Å²) in [5.41, 5.74) is 6.14. The lowest BCUT2D eigenvalue weighted by molar-refractivity contribution is 0.0793. The summed E-state index contributed by atoms with van der Waals surface area (Å²) in [6, 6.07) is 14.9. The van der Waals surface area contributed by atoms with Gasteiger partial charge in [-0.15, -0.1) is 0 Å². The summed E-state index contributed by atoms with van der Waals surface area (Å²) in [4.78, 5) is 14.3. The minimum absolute atomic E-state index is 0.182. The Morgan fingerprint density at radius 2 is 1.50 bits per heavy atom. The van der Waals surface area contributed by atoms with Crippen molar-refractivity contribution < 1.29 is 4.79 Å². The molecule has 0 unspecified atom stereocenters. The van der Waals surface area contributed by atoms with E-state index in [-0.39, 0.29) is 5.91 Å². The van der Waals surface area contributed by atoms with Crippen molar-refractivity contribution in [2.75, 3.05) is 13.1 Å². The SMILES string of the molecule is Cc1cc(C)cc(CSCc2ccc(C(=O)N3CCCC3)cc2)c1. The number of rotatable bonds is 5. The normalized spacial score (nSPS) is 14.2. The Morgan fingerprint density at radius 3 is 2.12 bits per heavy atom. The largest absolute Gasteiger partial charge is 0.339 e. The van der Waals surface area contributed by atoms with Gasteiger partial charge in [0.15, 0.2) is 0 Å². The third kappa shape index (κ3) is 4.41. The van der Waals surface area contributed by atoms with Gasteiger partial charge in [0.2, 0.25) is 0 Å². The molecular weight excluding hydrogens is 314 g/mol. The van der Waals surface area contributed by atoms with Crippen molar-refractivity contribution in [3.05, 3.63) is 70.3 Å². The van der Waals surface area contributed by atoms with E-state index in [9.17, 15) is 4.79 Å². The number of hydrogen-bond acceptors (Lipinski definition) is 2. The fourth-order valence-electron chi connectivity index (χ4n) is 3.29. The minimum Gasteiger partial charge on any atom is -0.339 e. The smallest absolute Gasteiger partial charge is 0.253 e. The van der Waals surface area contributed by atoms with Crippen molar-refractivity contribution >= 4 is 17.7 Å². The zero-order valence-electron chi connectivity index (χ0n) is 14.5. The van der Waals surface area contributed by atoms with Crippen molar-refractivity contribution in [3.8, 4) is 0 Å². The molecule has 1 saturated heterocycles. The molecule has 24 heavy (non-hydrogen) atoms. The molecule has 3 heteroatoms. The monoisotopic (exact) mass is 339 g/mol. The van der Waals surface area contributed by atoms with Crippen LogP contribution in [0.1, 0.15) is 45.5 Å². The highest BCUT2D eigenvalue weighted by Gasteiger charge is 2.19. The molecule has 1 amide bonds. The fraction of sp³-hybridized carbons (Fsp3) is 0.381. The number of carbonyl (C=O) groups excluding carboxylic acids is 1. The summed E-state index contributed by atoms with van der Waals surface area (Å²) in [6.07, 6.45) is 2.28. The van der Waals surface area contributed by atoms with Crippen LogP contribution in [0.3, 0.4) is 0 Å². The van der Waals surface area contributed by atoms with E-state index >= 15 is 0 Å². The van der Waals surface area contributed by atoms with E-state index in [1.807, 2.05) is 28.8 Å². The van der Waals surface area contributed by atoms with Crippen LogP contribution < -0.4 is 0 Å². The van der Waals surface area contributed by atoms with Crippen molar-refractivity contribution in [2.24, 2.45) is 0 Å². The topological polar surface area (TPSA) is 20.3 Å². The number of nitrogens with zero attached hydrogens (tertiary/aromatic N) is 1. The van der Waals surface area contributed by atoms with Crippen molar-refractivity contribution in [2.45, 2.75) is 38.2 Å². The second-order valence-electron chi connectivity index (χ2n) is 6.68. The summed E-state index contributed by atoms with van der Waals surface area (Å²) in [5.74, 6) is 2.18. The molecular formula is C21H25NOS. The minimum atomic E-state index is 0.182. The first-order chi connectivity index (χ1) is 11.6. The Labute approximate surface area is 149 Å². The van der Waals surface area contributed by atoms with Crippen LogP contribution in [0.25, 0.3) is 0 Å². The van der Waals surface area contributed by atoms with Crippen molar-refractivity contribution in [1.82, 2.24) is 4.90 Å². The van der Waals surface area contributed by atoms with Gasteiger partial charge >= 0.3 is 0 Å². The average molecular weight is 340 g/mol. The quantitative estimate of drug-likeness (QED) is 0.766. The molecule has 0 spiro atoms. The number of amides is 1. The lowest BCUT2D eigenvalue weighted by atomic mass is 10.1. The molecule has 2 aromatic rings. The highest BCUT2D eigenvalue weighted by molar-refractivity contribution is 7.97. The van der Waals surface area contributed by atoms with E-state index in [1.165, 1.54) is 22.3 Å². The summed E-state index contributed by atoms with van der Waals surface area (Å²) in [5, 5.41) is 0. The van der Waals surface area contributed by atoms with Crippen molar-refractivity contribution in [3.63, 3.8) is 0 Å². The molecule has 1 fully saturated rings. The Bertz CT molecular complexity index is 682. The van der Waals surface area contributed by atoms with E-state index in [1.54, 1.807) is 0 Å². The van der Waals surface area contributed by atoms with Crippen LogP contribution in [0.5, 0.6) is 0 Å². The number of hydrogen-bond donors (Lipinski definition) is 0. The summed E-state index contributed by atoms with van der Waals surface area (Å²) in [7, 11) is 0. The van der Waals surface area contributed by atoms with E-state index in [2.05, 4.69) is 44.2 Å². The first-order valence-electron chi connectivity index (χ1n) is 8.65. The second-order valence-corrected chi connectivity index (χ2v) is 7.67. The summed E-state index contributed by atoms with van der Waals surface area (Å²) >= 11 is 1.92. The Balaban J connectivity index is 1.53. The zero-order valence-corrected chi connectivity index (χ0v) is 15.4. The van der Waals surface area contributed by atoms with E-state index < -0.39 is 0 Å². The fourth-order valence-corrected chi connectivity index (χ4v) is 4.22. The molecule has 0 atom stereocenters. The Kier molecular flexibility index (Phi) is 5.62. The van der Waals surface area contributed by atoms with Crippen LogP contribution >= 0.6 is 11.8 Å². The highest BCUT2D eigenvalue weighted by atomic mass is 32.2. The van der Waals surface area contributed by atoms with Gasteiger partial charge in [0.1, 0.15) is 0 Å². The van der Waals surface area contributed by atoms with Gasteiger partial charge in [-0.3, -0.25) is 4.79 Å². The van der Waals surface area contributed by atoms with Gasteiger partial charge in [-0.25, -0.2) is 0 Å². The maximum Gasteiger partial charge on any atom is 0.253 e. The summed E-state index contributed by atoms with van der Waals surface area (Å²) in [6.45, 7) is 6.12. The van der Waals surface area contributed by atoms with Crippen LogP contribution in [0.2, 0.25) is 0 Å². The van der Waals surface area contributed by atoms with Gasteiger partial charge in [-0.2, -0.15) is 11.8 Å². The molecule has 1 heterocycles. The van der Waals surface area contributed by atoms with Crippen LogP contribution in [0.15, 0.2) is 42.5 Å². The maximum absolute atomic E-state index is 12.3. The maximum atomic E-state index is 12.3. The first kappa shape index (κ1) is 17.1. The molecule has 0 aromatic heterocycles. The number of aryl methyl sites for hydroxylation is 2. The molecule has 1 aliphatic rings. The van der Waals surface area contributed by atoms with Crippen LogP contribution in [0, 0.1) is 13.8 Å². The van der Waals surface area contributed by atoms with Crippen LogP contribution in [-0.4, -0.2) is 23.9 Å². The Morgan fingerprint density at radius 1 is 0.917 bits per heavy atom. The number of likely N-dealkylation sites (tertiary alicyclic amines) is 1. The lowest BCUT2D eigenvalue weighted by Gasteiger charge is -2.15. The number of carbonyl (C=O) groups is 1. The predicted octanol–water partition coefficient (Wildman–Crippen LogP) is 4.97. The standard InChI is InChI=1S/C21H25NOS/c1-16-11-17(2)13-19(12-16)15-24-14-18-5-7-20(8-6-18)21(23)22-9-3-4-10-22/h5-8,11-13H,3-4,9-10,14-15H2,1-2H3. The van der Waals surface area contributed by atoms with Gasteiger partial charge in [0, 0.05) is 30.2 Å². The zero-order chi connectivity index (χ0) is 16.9. The molecule has 126 valence electrons. The van der Waals surface area contributed by atoms with E-state index in [0.29, 0.717) is 0 Å². The third-order valence-corrected chi connectivity index (χ3v) is 5.49. The van der Waals surface area contributed by atoms with E-state index in [0.717, 1.165) is 43.0 Å². The molecule has 3 rings (SSSR count). The van der Waals surface area contributed by atoms with Gasteiger partial charge in [-0.05, 0) is 49.9 Å². The third-order valence-electron chi connectivity index (χ3n) is 4.41. The molecule has 0 radical (unpaired) electrons. The Hall–Kier alpha value is -1.74. The van der Waals surface area contributed by atoms with Gasteiger partial charge in [0.05, 0.1) is 0 Å². The van der Waals surface area contributed by atoms with Crippen LogP contribution in [0.4, 0.5) is 0 Å². The van der Waals surface area contributed by atoms with Gasteiger partial charge in [0.25, 0.3) is 5.91 Å². The second kappa shape index (κ2) is 7.89. The highest BCUT2D eigenvalue weighted by Crippen LogP contribution is 2.21.